The first-order chi connectivity index (χ1) is 29.6. The van der Waals surface area contributed by atoms with E-state index in [0.29, 0.717) is 5.57 Å². The van der Waals surface area contributed by atoms with E-state index in [4.69, 9.17) is 9.98 Å². The highest BCUT2D eigenvalue weighted by atomic mass is 16.4. The number of nitrogens with one attached hydrogen (secondary N) is 2. The summed E-state index contributed by atoms with van der Waals surface area (Å²) in [6, 6.07) is -1.18. The van der Waals surface area contributed by atoms with Gasteiger partial charge in [-0.1, -0.05) is 13.8 Å². The maximum Gasteiger partial charge on any atom is 0.307 e. The van der Waals surface area contributed by atoms with Crippen LogP contribution in [0.4, 0.5) is 0 Å². The van der Waals surface area contributed by atoms with Gasteiger partial charge in [-0.25, -0.2) is 0 Å². The Balaban J connectivity index is 1.99. The number of allylic oxidation sites excluding steroid dienone is 5. The molecule has 5 aliphatic rings. The maximum absolute atomic E-state index is 13.0. The summed E-state index contributed by atoms with van der Waals surface area (Å²) in [5, 5.41) is 88.3. The molecular weight excluding hydrogens is 840 g/mol. The molecule has 0 radical (unpaired) electrons. The highest BCUT2D eigenvalue weighted by Gasteiger charge is 2.66. The van der Waals surface area contributed by atoms with Crippen molar-refractivity contribution in [3.63, 3.8) is 0 Å². The Hall–Kier alpha value is -6.34. The first-order valence-electron chi connectivity index (χ1n) is 21.0. The second kappa shape index (κ2) is 17.7. The molecule has 8 atom stereocenters. The van der Waals surface area contributed by atoms with Crippen molar-refractivity contribution in [2.75, 3.05) is 0 Å². The smallest absolute Gasteiger partial charge is 0.307 e. The Morgan fingerprint density at radius 1 is 0.656 bits per heavy atom. The third-order valence-electron chi connectivity index (χ3n) is 14.5. The molecule has 10 N–H and O–H groups in total. The number of carbonyl (C=O) groups is 8. The van der Waals surface area contributed by atoms with E-state index in [1.54, 1.807) is 34.6 Å². The number of carboxylic acids is 8. The summed E-state index contributed by atoms with van der Waals surface area (Å²) in [6.45, 7) is 8.11. The average molecular weight is 897 g/mol. The van der Waals surface area contributed by atoms with Crippen LogP contribution in [0, 0.1) is 28.1 Å². The van der Waals surface area contributed by atoms with Gasteiger partial charge in [0.25, 0.3) is 0 Å². The molecule has 348 valence electrons. The van der Waals surface area contributed by atoms with Gasteiger partial charge in [0.05, 0.1) is 48.5 Å². The Kier molecular flexibility index (Phi) is 13.4. The van der Waals surface area contributed by atoms with Gasteiger partial charge in [0.15, 0.2) is 0 Å². The highest BCUT2D eigenvalue weighted by molar-refractivity contribution is 6.07. The first kappa shape index (κ1) is 48.7. The molecule has 0 aliphatic carbocycles. The van der Waals surface area contributed by atoms with Crippen LogP contribution in [0.15, 0.2) is 55.9 Å². The zero-order valence-corrected chi connectivity index (χ0v) is 36.3. The zero-order chi connectivity index (χ0) is 47.9. The van der Waals surface area contributed by atoms with E-state index in [0.717, 1.165) is 0 Å². The van der Waals surface area contributed by atoms with Crippen molar-refractivity contribution >= 4 is 59.2 Å². The number of hydrogen-bond donors (Lipinski definition) is 10. The van der Waals surface area contributed by atoms with Gasteiger partial charge in [0.1, 0.15) is 0 Å². The number of aliphatic imine (C=N–C) groups is 2. The third kappa shape index (κ3) is 9.17. The minimum atomic E-state index is -1.58. The topological polar surface area (TPSA) is 347 Å². The fourth-order valence-corrected chi connectivity index (χ4v) is 11.1. The molecule has 0 aromatic carbocycles. The van der Waals surface area contributed by atoms with Crippen LogP contribution in [0.1, 0.15) is 118 Å². The van der Waals surface area contributed by atoms with Crippen molar-refractivity contribution in [3.05, 3.63) is 46.0 Å². The van der Waals surface area contributed by atoms with E-state index in [1.807, 2.05) is 0 Å². The van der Waals surface area contributed by atoms with Crippen LogP contribution in [0.25, 0.3) is 0 Å². The summed E-state index contributed by atoms with van der Waals surface area (Å²) in [4.78, 5) is 110. The number of rotatable bonds is 20. The fourth-order valence-electron chi connectivity index (χ4n) is 11.1. The van der Waals surface area contributed by atoms with Crippen LogP contribution in [0.5, 0.6) is 0 Å². The maximum atomic E-state index is 13.0. The van der Waals surface area contributed by atoms with Crippen LogP contribution >= 0.6 is 0 Å². The molecule has 5 aliphatic heterocycles. The Morgan fingerprint density at radius 2 is 1.25 bits per heavy atom. The second-order valence-corrected chi connectivity index (χ2v) is 18.7. The summed E-state index contributed by atoms with van der Waals surface area (Å²) < 4.78 is 0. The van der Waals surface area contributed by atoms with Crippen molar-refractivity contribution < 1.29 is 79.2 Å². The van der Waals surface area contributed by atoms with E-state index < -0.39 is 144 Å². The molecule has 0 spiro atoms. The molecule has 20 heteroatoms. The molecule has 0 aromatic heterocycles. The lowest BCUT2D eigenvalue weighted by Crippen LogP contribution is -2.60. The van der Waals surface area contributed by atoms with Gasteiger partial charge in [0.2, 0.25) is 0 Å². The SMILES string of the molecule is CC12CC3=C(CCC(=O)O)C(C)(CC(=O)O)C(=N3)C=C3NC(C)(C4N=C(C=C(N1)C(CCC(=O)O)=C2CC(=O)O)C(C)(CCC(=O)O)C4CC(=O)O)C(C)(CC(=O)O)C3CCC(=O)O. The fraction of sp³-hybridized carbons (Fsp3) is 0.591. The van der Waals surface area contributed by atoms with Crippen molar-refractivity contribution in [2.45, 2.75) is 135 Å². The molecule has 20 nitrogen and oxygen atoms in total. The zero-order valence-electron chi connectivity index (χ0n) is 36.3. The predicted molar refractivity (Wildman–Crippen MR) is 224 cm³/mol. The van der Waals surface area contributed by atoms with E-state index in [-0.39, 0.29) is 71.8 Å². The summed E-state index contributed by atoms with van der Waals surface area (Å²) >= 11 is 0. The first-order valence-corrected chi connectivity index (χ1v) is 21.0. The molecule has 0 amide bonds. The largest absolute Gasteiger partial charge is 0.481 e. The van der Waals surface area contributed by atoms with Crippen molar-refractivity contribution in [3.8, 4) is 0 Å². The van der Waals surface area contributed by atoms with Gasteiger partial charge in [-0.2, -0.15) is 0 Å². The van der Waals surface area contributed by atoms with Crippen molar-refractivity contribution in [1.82, 2.24) is 10.6 Å². The summed E-state index contributed by atoms with van der Waals surface area (Å²) in [7, 11) is 0. The minimum Gasteiger partial charge on any atom is -0.481 e. The van der Waals surface area contributed by atoms with Gasteiger partial charge in [-0.05, 0) is 75.3 Å². The molecule has 1 fully saturated rings. The van der Waals surface area contributed by atoms with Crippen molar-refractivity contribution in [1.29, 1.82) is 0 Å². The number of carboxylic acid groups (broad SMARTS) is 8. The van der Waals surface area contributed by atoms with Crippen molar-refractivity contribution in [2.24, 2.45) is 38.1 Å². The van der Waals surface area contributed by atoms with Crippen LogP contribution in [-0.2, 0) is 38.4 Å². The molecule has 0 aromatic rings. The average Bonchev–Trinajstić information content (AvgIpc) is 3.72. The lowest BCUT2D eigenvalue weighted by Gasteiger charge is -2.48. The molecule has 0 saturated carbocycles. The molecule has 64 heavy (non-hydrogen) atoms. The van der Waals surface area contributed by atoms with E-state index >= 15 is 0 Å². The van der Waals surface area contributed by atoms with Crippen LogP contribution < -0.4 is 10.6 Å². The quantitative estimate of drug-likeness (QED) is 0.0813. The standard InChI is InChI=1S/C44H56N4O16/c1-40(13-12-34(55)56)25(15-36(59)60)39-44(5)42(3,20-38(63)64)23(8-11-33(53)54)27(48-44)17-30-41(2,19-37(61)62)22(7-10-32(51)52)28(45-30)18-43(4)24(14-35(57)58)21(6-9-31(49)50)26(47-43)16-29(40)46-39/h16-17,23,25,39,47-48H,6-15,18-20H2,1-5H3,(H,49,50)(H,51,52)(H,53,54)(H,55,56)(H,57,58)(H,59,60)(H,61,62)(H,63,64). The Morgan fingerprint density at radius 3 is 1.80 bits per heavy atom. The summed E-state index contributed by atoms with van der Waals surface area (Å²) in [5.74, 6) is -12.0. The monoisotopic (exact) mass is 896 g/mol. The molecule has 5 rings (SSSR count). The molecule has 8 bridgehead atoms. The number of aliphatic carboxylic acids is 8. The molecule has 5 heterocycles. The van der Waals surface area contributed by atoms with Gasteiger partial charge in [0, 0.05) is 83.0 Å². The second-order valence-electron chi connectivity index (χ2n) is 18.7. The third-order valence-corrected chi connectivity index (χ3v) is 14.5. The molecule has 8 unspecified atom stereocenters. The van der Waals surface area contributed by atoms with Crippen LogP contribution in [0.3, 0.4) is 0 Å². The lowest BCUT2D eigenvalue weighted by atomic mass is 9.57. The van der Waals surface area contributed by atoms with Gasteiger partial charge < -0.3 is 51.5 Å². The number of hydrogen-bond acceptors (Lipinski definition) is 12. The van der Waals surface area contributed by atoms with Crippen LogP contribution in [-0.4, -0.2) is 117 Å². The normalized spacial score (nSPS) is 31.7. The number of nitrogens with zero attached hydrogens (tertiary/aromatic N) is 2. The highest BCUT2D eigenvalue weighted by Crippen LogP contribution is 2.60. The van der Waals surface area contributed by atoms with Crippen LogP contribution in [0.2, 0.25) is 0 Å². The Bertz CT molecular complexity index is 2270. The van der Waals surface area contributed by atoms with E-state index in [9.17, 15) is 79.2 Å². The number of fused-ring (bicyclic) bond motifs is 7. The summed E-state index contributed by atoms with van der Waals surface area (Å²) in [6.07, 6.45) is -2.16. The van der Waals surface area contributed by atoms with Gasteiger partial charge >= 0.3 is 47.8 Å². The predicted octanol–water partition coefficient (Wildman–Crippen LogP) is 4.32. The van der Waals surface area contributed by atoms with E-state index in [2.05, 4.69) is 10.6 Å². The molecule has 1 saturated heterocycles. The molecular formula is C44H56N4O16. The lowest BCUT2D eigenvalue weighted by molar-refractivity contribution is -0.144. The minimum absolute atomic E-state index is 0.0983. The van der Waals surface area contributed by atoms with Gasteiger partial charge in [-0.3, -0.25) is 48.3 Å². The van der Waals surface area contributed by atoms with Gasteiger partial charge in [-0.15, -0.1) is 0 Å². The summed E-state index contributed by atoms with van der Waals surface area (Å²) in [5.41, 5.74) is -5.71. The van der Waals surface area contributed by atoms with E-state index in [1.165, 1.54) is 12.2 Å². The Labute approximate surface area is 367 Å².